The highest BCUT2D eigenvalue weighted by Crippen LogP contribution is 2.32. The van der Waals surface area contributed by atoms with Crippen LogP contribution < -0.4 is 4.74 Å². The number of hydrogen-bond donors (Lipinski definition) is 1. The second-order valence-electron chi connectivity index (χ2n) is 6.91. The van der Waals surface area contributed by atoms with Crippen LogP contribution in [0.5, 0.6) is 5.75 Å². The zero-order valence-electron chi connectivity index (χ0n) is 16.4. The van der Waals surface area contributed by atoms with Crippen molar-refractivity contribution in [3.63, 3.8) is 0 Å². The minimum absolute atomic E-state index is 0.0528. The summed E-state index contributed by atoms with van der Waals surface area (Å²) in [6.45, 7) is 9.67. The van der Waals surface area contributed by atoms with Gasteiger partial charge in [0, 0.05) is 17.6 Å². The molecular weight excluding hydrogens is 328 g/mol. The standard InChI is InChI=1S/C21H28N2O3/c1-13(2)23(14(3)4)21(25)20-16(9-7-12-19(20)26-6)18-11-8-10-17(22-18)15(5)24/h7-15,24H,1-6H3/t15-/m1/s1. The Morgan fingerprint density at radius 3 is 2.19 bits per heavy atom. The van der Waals surface area contributed by atoms with E-state index in [-0.39, 0.29) is 18.0 Å². The summed E-state index contributed by atoms with van der Waals surface area (Å²) in [6.07, 6.45) is -0.678. The summed E-state index contributed by atoms with van der Waals surface area (Å²) in [4.78, 5) is 19.8. The smallest absolute Gasteiger partial charge is 0.258 e. The van der Waals surface area contributed by atoms with E-state index in [1.54, 1.807) is 26.2 Å². The molecule has 0 unspecified atom stereocenters. The first kappa shape index (κ1) is 19.9. The van der Waals surface area contributed by atoms with E-state index >= 15 is 0 Å². The van der Waals surface area contributed by atoms with Gasteiger partial charge in [-0.3, -0.25) is 9.78 Å². The van der Waals surface area contributed by atoms with Gasteiger partial charge in [0.1, 0.15) is 5.75 Å². The third-order valence-electron chi connectivity index (χ3n) is 4.28. The molecule has 0 fully saturated rings. The number of aromatic nitrogens is 1. The lowest BCUT2D eigenvalue weighted by molar-refractivity contribution is 0.0641. The van der Waals surface area contributed by atoms with Gasteiger partial charge in [0.15, 0.2) is 0 Å². The summed E-state index contributed by atoms with van der Waals surface area (Å²) >= 11 is 0. The predicted octanol–water partition coefficient (Wildman–Crippen LogP) is 4.07. The van der Waals surface area contributed by atoms with Crippen molar-refractivity contribution in [1.29, 1.82) is 0 Å². The maximum absolute atomic E-state index is 13.4. The molecule has 0 aliphatic carbocycles. The molecule has 1 aromatic carbocycles. The van der Waals surface area contributed by atoms with Gasteiger partial charge in [0.05, 0.1) is 30.2 Å². The molecule has 1 amide bonds. The normalized spacial score (nSPS) is 12.3. The lowest BCUT2D eigenvalue weighted by atomic mass is 9.99. The molecule has 0 radical (unpaired) electrons. The van der Waals surface area contributed by atoms with Gasteiger partial charge in [-0.15, -0.1) is 0 Å². The van der Waals surface area contributed by atoms with E-state index in [9.17, 15) is 9.90 Å². The first-order valence-corrected chi connectivity index (χ1v) is 8.93. The molecule has 0 aliphatic heterocycles. The van der Waals surface area contributed by atoms with Gasteiger partial charge in [-0.2, -0.15) is 0 Å². The van der Waals surface area contributed by atoms with Crippen molar-refractivity contribution in [2.24, 2.45) is 0 Å². The van der Waals surface area contributed by atoms with Crippen LogP contribution in [0.1, 0.15) is 56.8 Å². The Kier molecular flexibility index (Phi) is 6.37. The SMILES string of the molecule is COc1cccc(-c2cccc([C@@H](C)O)n2)c1C(=O)N(C(C)C)C(C)C. The van der Waals surface area contributed by atoms with E-state index in [1.165, 1.54) is 0 Å². The van der Waals surface area contributed by atoms with Crippen LogP contribution in [-0.2, 0) is 0 Å². The Hall–Kier alpha value is -2.40. The number of aliphatic hydroxyl groups excluding tert-OH is 1. The van der Waals surface area contributed by atoms with E-state index in [1.807, 2.05) is 56.9 Å². The monoisotopic (exact) mass is 356 g/mol. The van der Waals surface area contributed by atoms with E-state index in [0.717, 1.165) is 0 Å². The van der Waals surface area contributed by atoms with Crippen LogP contribution >= 0.6 is 0 Å². The summed E-state index contributed by atoms with van der Waals surface area (Å²) in [5.74, 6) is 0.426. The number of hydrogen-bond acceptors (Lipinski definition) is 4. The molecule has 0 saturated carbocycles. The van der Waals surface area contributed by atoms with Gasteiger partial charge in [0.2, 0.25) is 0 Å². The molecule has 140 valence electrons. The molecule has 0 saturated heterocycles. The molecule has 26 heavy (non-hydrogen) atoms. The Bertz CT molecular complexity index is 762. The lowest BCUT2D eigenvalue weighted by Crippen LogP contribution is -2.42. The third-order valence-corrected chi connectivity index (χ3v) is 4.28. The Morgan fingerprint density at radius 2 is 1.65 bits per heavy atom. The van der Waals surface area contributed by atoms with Crippen LogP contribution in [0.4, 0.5) is 0 Å². The summed E-state index contributed by atoms with van der Waals surface area (Å²) in [5, 5.41) is 9.85. The molecule has 0 bridgehead atoms. The van der Waals surface area contributed by atoms with E-state index in [4.69, 9.17) is 4.74 Å². The van der Waals surface area contributed by atoms with Crippen LogP contribution in [0, 0.1) is 0 Å². The fraction of sp³-hybridized carbons (Fsp3) is 0.429. The highest BCUT2D eigenvalue weighted by molar-refractivity contribution is 6.03. The minimum Gasteiger partial charge on any atom is -0.496 e. The lowest BCUT2D eigenvalue weighted by Gasteiger charge is -2.32. The van der Waals surface area contributed by atoms with Crippen molar-refractivity contribution in [2.45, 2.75) is 52.8 Å². The van der Waals surface area contributed by atoms with Crippen LogP contribution in [-0.4, -0.2) is 40.1 Å². The topological polar surface area (TPSA) is 62.7 Å². The average molecular weight is 356 g/mol. The third kappa shape index (κ3) is 4.05. The summed E-state index contributed by atoms with van der Waals surface area (Å²) in [5.41, 5.74) is 2.39. The zero-order chi connectivity index (χ0) is 19.4. The van der Waals surface area contributed by atoms with Crippen molar-refractivity contribution < 1.29 is 14.6 Å². The highest BCUT2D eigenvalue weighted by Gasteiger charge is 2.27. The second kappa shape index (κ2) is 8.32. The Morgan fingerprint density at radius 1 is 1.04 bits per heavy atom. The molecule has 1 heterocycles. The van der Waals surface area contributed by atoms with Gasteiger partial charge in [0.25, 0.3) is 5.91 Å². The fourth-order valence-electron chi connectivity index (χ4n) is 3.16. The number of benzene rings is 1. The number of aliphatic hydroxyl groups is 1. The van der Waals surface area contributed by atoms with Crippen LogP contribution in [0.3, 0.4) is 0 Å². The number of ether oxygens (including phenoxy) is 1. The van der Waals surface area contributed by atoms with Crippen molar-refractivity contribution in [2.75, 3.05) is 7.11 Å². The minimum atomic E-state index is -0.678. The molecule has 0 aliphatic rings. The maximum Gasteiger partial charge on any atom is 0.258 e. The number of pyridine rings is 1. The van der Waals surface area contributed by atoms with Gasteiger partial charge in [-0.25, -0.2) is 0 Å². The van der Waals surface area contributed by atoms with Crippen molar-refractivity contribution in [1.82, 2.24) is 9.88 Å². The average Bonchev–Trinajstić information content (AvgIpc) is 2.60. The maximum atomic E-state index is 13.4. The largest absolute Gasteiger partial charge is 0.496 e. The summed E-state index contributed by atoms with van der Waals surface area (Å²) < 4.78 is 5.49. The van der Waals surface area contributed by atoms with Crippen molar-refractivity contribution in [3.05, 3.63) is 47.7 Å². The summed E-state index contributed by atoms with van der Waals surface area (Å²) in [7, 11) is 1.56. The van der Waals surface area contributed by atoms with Gasteiger partial charge in [-0.05, 0) is 52.8 Å². The predicted molar refractivity (Wildman–Crippen MR) is 103 cm³/mol. The molecule has 5 heteroatoms. The van der Waals surface area contributed by atoms with Crippen molar-refractivity contribution in [3.8, 4) is 17.0 Å². The number of nitrogens with zero attached hydrogens (tertiary/aromatic N) is 2. The highest BCUT2D eigenvalue weighted by atomic mass is 16.5. The van der Waals surface area contributed by atoms with E-state index < -0.39 is 6.10 Å². The van der Waals surface area contributed by atoms with Crippen LogP contribution in [0.2, 0.25) is 0 Å². The molecule has 1 atom stereocenters. The number of amides is 1. The van der Waals surface area contributed by atoms with Gasteiger partial charge in [-0.1, -0.05) is 18.2 Å². The number of carbonyl (C=O) groups is 1. The first-order chi connectivity index (χ1) is 12.3. The molecule has 0 spiro atoms. The van der Waals surface area contributed by atoms with Crippen LogP contribution in [0.15, 0.2) is 36.4 Å². The number of methoxy groups -OCH3 is 1. The first-order valence-electron chi connectivity index (χ1n) is 8.93. The van der Waals surface area contributed by atoms with E-state index in [0.29, 0.717) is 28.3 Å². The molecule has 2 aromatic rings. The molecular formula is C21H28N2O3. The van der Waals surface area contributed by atoms with Crippen molar-refractivity contribution >= 4 is 5.91 Å². The second-order valence-corrected chi connectivity index (χ2v) is 6.91. The van der Waals surface area contributed by atoms with Gasteiger partial charge < -0.3 is 14.7 Å². The fourth-order valence-corrected chi connectivity index (χ4v) is 3.16. The molecule has 5 nitrogen and oxygen atoms in total. The molecule has 1 N–H and O–H groups in total. The van der Waals surface area contributed by atoms with E-state index in [2.05, 4.69) is 4.98 Å². The van der Waals surface area contributed by atoms with Crippen LogP contribution in [0.25, 0.3) is 11.3 Å². The zero-order valence-corrected chi connectivity index (χ0v) is 16.4. The number of rotatable bonds is 6. The summed E-state index contributed by atoms with van der Waals surface area (Å²) in [6, 6.07) is 11.0. The van der Waals surface area contributed by atoms with Gasteiger partial charge >= 0.3 is 0 Å². The quantitative estimate of drug-likeness (QED) is 0.847. The Labute approximate surface area is 155 Å². The molecule has 2 rings (SSSR count). The Balaban J connectivity index is 2.66. The molecule has 1 aromatic heterocycles. The number of carbonyl (C=O) groups excluding carboxylic acids is 1.